The topological polar surface area (TPSA) is 37.3 Å². The maximum atomic E-state index is 11.3. The Morgan fingerprint density at radius 1 is 0.857 bits per heavy atom. The van der Waals surface area contributed by atoms with E-state index in [1.807, 2.05) is 0 Å². The predicted octanol–water partition coefficient (Wildman–Crippen LogP) is 1.47. The summed E-state index contributed by atoms with van der Waals surface area (Å²) in [6.45, 7) is 0. The van der Waals surface area contributed by atoms with Crippen LogP contribution in [-0.2, 0) is 4.79 Å². The summed E-state index contributed by atoms with van der Waals surface area (Å²) in [5.41, 5.74) is 0. The van der Waals surface area contributed by atoms with Gasteiger partial charge >= 0.3 is 5.97 Å². The van der Waals surface area contributed by atoms with Gasteiger partial charge in [0.2, 0.25) is 0 Å². The number of hydrogen-bond donors (Lipinski definition) is 1. The Morgan fingerprint density at radius 2 is 1.50 bits per heavy atom. The van der Waals surface area contributed by atoms with E-state index < -0.39 is 5.97 Å². The highest BCUT2D eigenvalue weighted by Gasteiger charge is 2.81. The smallest absolute Gasteiger partial charge is 0.307 e. The van der Waals surface area contributed by atoms with Crippen LogP contribution in [0, 0.1) is 53.3 Å². The summed E-state index contributed by atoms with van der Waals surface area (Å²) < 4.78 is 0. The van der Waals surface area contributed by atoms with Crippen LogP contribution in [0.1, 0.15) is 12.8 Å². The van der Waals surface area contributed by atoms with Gasteiger partial charge in [0.05, 0.1) is 5.92 Å². The molecule has 14 heavy (non-hydrogen) atoms. The lowest BCUT2D eigenvalue weighted by atomic mass is 9.57. The van der Waals surface area contributed by atoms with Crippen molar-refractivity contribution in [3.8, 4) is 0 Å². The van der Waals surface area contributed by atoms with E-state index in [-0.39, 0.29) is 5.92 Å². The van der Waals surface area contributed by atoms with Gasteiger partial charge in [-0.3, -0.25) is 4.79 Å². The molecule has 0 amide bonds. The molecule has 0 saturated heterocycles. The molecule has 0 aromatic heterocycles. The van der Waals surface area contributed by atoms with Crippen molar-refractivity contribution in [3.05, 3.63) is 0 Å². The largest absolute Gasteiger partial charge is 0.481 e. The SMILES string of the molecule is O=C(O)[C@@H]1[C@@H]2[C@@H]3C[C@@H]4[C@@H]5[C@H]3C[C@H]2[C@@H]5[C@@H]41. The molecule has 5 aliphatic rings. The van der Waals surface area contributed by atoms with E-state index in [9.17, 15) is 9.90 Å². The number of carboxylic acid groups (broad SMARTS) is 1. The fraction of sp³-hybridized carbons (Fsp3) is 0.917. The van der Waals surface area contributed by atoms with Crippen molar-refractivity contribution in [3.63, 3.8) is 0 Å². The predicted molar refractivity (Wildman–Crippen MR) is 48.3 cm³/mol. The zero-order valence-electron chi connectivity index (χ0n) is 7.97. The van der Waals surface area contributed by atoms with E-state index in [0.717, 1.165) is 35.5 Å². The molecule has 9 atom stereocenters. The molecule has 0 unspecified atom stereocenters. The van der Waals surface area contributed by atoms with Crippen molar-refractivity contribution < 1.29 is 9.90 Å². The normalized spacial score (nSPS) is 74.4. The Morgan fingerprint density at radius 3 is 2.21 bits per heavy atom. The zero-order chi connectivity index (χ0) is 9.19. The number of carboxylic acids is 1. The maximum Gasteiger partial charge on any atom is 0.307 e. The van der Waals surface area contributed by atoms with E-state index in [1.54, 1.807) is 0 Å². The maximum absolute atomic E-state index is 11.3. The summed E-state index contributed by atoms with van der Waals surface area (Å²) in [5.74, 6) is 6.22. The number of fused-ring (bicyclic) bond motifs is 2. The van der Waals surface area contributed by atoms with Crippen LogP contribution in [0.15, 0.2) is 0 Å². The monoisotopic (exact) mass is 190 g/mol. The van der Waals surface area contributed by atoms with Gasteiger partial charge < -0.3 is 5.11 Å². The first-order valence-electron chi connectivity index (χ1n) is 6.02. The Hall–Kier alpha value is -0.530. The first-order chi connectivity index (χ1) is 6.79. The van der Waals surface area contributed by atoms with Gasteiger partial charge in [-0.1, -0.05) is 0 Å². The molecule has 0 radical (unpaired) electrons. The van der Waals surface area contributed by atoms with Crippen LogP contribution in [0.2, 0.25) is 0 Å². The van der Waals surface area contributed by atoms with Gasteiger partial charge in [-0.05, 0) is 60.2 Å². The Balaban J connectivity index is 1.75. The quantitative estimate of drug-likeness (QED) is 0.679. The Bertz CT molecular complexity index is 357. The standard InChI is InChI=1S/C12H14O2/c13-12(14)11-8-4-2-5-7-3(4)1-6(8)9(7)10(5)11/h3-11H,1-2H2,(H,13,14)/t3-,4+,5+,6+,7-,8+,9-,10+,11+/m0/s1. The van der Waals surface area contributed by atoms with Crippen LogP contribution in [0.4, 0.5) is 0 Å². The highest BCUT2D eigenvalue weighted by molar-refractivity contribution is 5.73. The molecule has 2 heteroatoms. The second-order valence-electron chi connectivity index (χ2n) is 6.30. The van der Waals surface area contributed by atoms with Gasteiger partial charge in [0.15, 0.2) is 0 Å². The summed E-state index contributed by atoms with van der Waals surface area (Å²) in [4.78, 5) is 11.3. The number of hydrogen-bond acceptors (Lipinski definition) is 1. The molecule has 0 aromatic rings. The molecule has 5 saturated carbocycles. The van der Waals surface area contributed by atoms with Gasteiger partial charge in [-0.2, -0.15) is 0 Å². The molecule has 2 bridgehead atoms. The highest BCUT2D eigenvalue weighted by Crippen LogP contribution is 2.84. The van der Waals surface area contributed by atoms with Crippen LogP contribution in [-0.4, -0.2) is 11.1 Å². The molecule has 0 spiro atoms. The molecule has 5 rings (SSSR count). The van der Waals surface area contributed by atoms with Crippen LogP contribution < -0.4 is 0 Å². The van der Waals surface area contributed by atoms with Crippen LogP contribution in [0.5, 0.6) is 0 Å². The molecule has 74 valence electrons. The lowest BCUT2D eigenvalue weighted by Gasteiger charge is -2.46. The molecular weight excluding hydrogens is 176 g/mol. The molecule has 0 aromatic carbocycles. The third kappa shape index (κ3) is 0.409. The van der Waals surface area contributed by atoms with Crippen molar-refractivity contribution in [1.29, 1.82) is 0 Å². The molecule has 0 heterocycles. The fourth-order valence-corrected chi connectivity index (χ4v) is 6.80. The lowest BCUT2D eigenvalue weighted by molar-refractivity contribution is -0.150. The zero-order valence-corrected chi connectivity index (χ0v) is 7.97. The third-order valence-corrected chi connectivity index (χ3v) is 6.61. The molecule has 5 aliphatic carbocycles. The fourth-order valence-electron chi connectivity index (χ4n) is 6.80. The molecule has 1 N–H and O–H groups in total. The van der Waals surface area contributed by atoms with E-state index in [4.69, 9.17) is 0 Å². The van der Waals surface area contributed by atoms with Crippen molar-refractivity contribution in [1.82, 2.24) is 0 Å². The average Bonchev–Trinajstić information content (AvgIpc) is 2.60. The Labute approximate surface area is 82.7 Å². The molecule has 0 aliphatic heterocycles. The van der Waals surface area contributed by atoms with Gasteiger partial charge in [-0.15, -0.1) is 0 Å². The van der Waals surface area contributed by atoms with Crippen molar-refractivity contribution in [2.75, 3.05) is 0 Å². The van der Waals surface area contributed by atoms with Gasteiger partial charge in [-0.25, -0.2) is 0 Å². The number of rotatable bonds is 1. The summed E-state index contributed by atoms with van der Waals surface area (Å²) in [6, 6.07) is 0. The number of carbonyl (C=O) groups is 1. The lowest BCUT2D eigenvalue weighted by Crippen LogP contribution is -2.45. The summed E-state index contributed by atoms with van der Waals surface area (Å²) in [7, 11) is 0. The summed E-state index contributed by atoms with van der Waals surface area (Å²) in [5, 5.41) is 9.33. The average molecular weight is 190 g/mol. The minimum atomic E-state index is -0.469. The van der Waals surface area contributed by atoms with Gasteiger partial charge in [0.1, 0.15) is 0 Å². The first kappa shape index (κ1) is 6.86. The molecule has 2 nitrogen and oxygen atoms in total. The molecule has 5 fully saturated rings. The van der Waals surface area contributed by atoms with E-state index in [0.29, 0.717) is 11.8 Å². The third-order valence-electron chi connectivity index (χ3n) is 6.61. The van der Waals surface area contributed by atoms with Crippen LogP contribution in [0.3, 0.4) is 0 Å². The van der Waals surface area contributed by atoms with Crippen molar-refractivity contribution in [2.45, 2.75) is 12.8 Å². The first-order valence-corrected chi connectivity index (χ1v) is 6.02. The van der Waals surface area contributed by atoms with Crippen molar-refractivity contribution >= 4 is 5.97 Å². The Kier molecular flexibility index (Phi) is 0.812. The second-order valence-corrected chi connectivity index (χ2v) is 6.30. The van der Waals surface area contributed by atoms with E-state index in [2.05, 4.69) is 0 Å². The van der Waals surface area contributed by atoms with Crippen LogP contribution >= 0.6 is 0 Å². The number of aliphatic carboxylic acids is 1. The minimum absolute atomic E-state index is 0.0810. The van der Waals surface area contributed by atoms with Gasteiger partial charge in [0.25, 0.3) is 0 Å². The summed E-state index contributed by atoms with van der Waals surface area (Å²) in [6.07, 6.45) is 2.81. The van der Waals surface area contributed by atoms with Crippen molar-refractivity contribution in [2.24, 2.45) is 53.3 Å². The highest BCUT2D eigenvalue weighted by atomic mass is 16.4. The minimum Gasteiger partial charge on any atom is -0.481 e. The summed E-state index contributed by atoms with van der Waals surface area (Å²) >= 11 is 0. The molecular formula is C12H14O2. The second kappa shape index (κ2) is 1.66. The van der Waals surface area contributed by atoms with Crippen LogP contribution in [0.25, 0.3) is 0 Å². The van der Waals surface area contributed by atoms with E-state index >= 15 is 0 Å². The van der Waals surface area contributed by atoms with E-state index in [1.165, 1.54) is 12.8 Å². The van der Waals surface area contributed by atoms with Gasteiger partial charge in [0, 0.05) is 0 Å².